The predicted molar refractivity (Wildman–Crippen MR) is 78.5 cm³/mol. The molecule has 1 aliphatic rings. The third kappa shape index (κ3) is 3.64. The van der Waals surface area contributed by atoms with Crippen LogP contribution in [-0.4, -0.2) is 38.7 Å². The van der Waals surface area contributed by atoms with Gasteiger partial charge < -0.3 is 14.8 Å². The molecule has 6 heteroatoms. The number of pyridine rings is 1. The smallest absolute Gasteiger partial charge is 0.326 e. The Kier molecular flexibility index (Phi) is 5.01. The number of hydrogen-bond donors (Lipinski definition) is 2. The standard InChI is InChI=1S/C15H22N2O4/c1-2-5-12(15(20)21)17-10-14(19)13(18)8-11(17)9-16-6-3-4-7-16/h8,10,12,19H,2-7,9H2,1H3,(H,20,21). The van der Waals surface area contributed by atoms with Gasteiger partial charge in [-0.05, 0) is 32.4 Å². The van der Waals surface area contributed by atoms with Gasteiger partial charge in [0.1, 0.15) is 6.04 Å². The second-order valence-electron chi connectivity index (χ2n) is 5.55. The van der Waals surface area contributed by atoms with E-state index in [-0.39, 0.29) is 0 Å². The summed E-state index contributed by atoms with van der Waals surface area (Å²) in [5.41, 5.74) is 0.196. The summed E-state index contributed by atoms with van der Waals surface area (Å²) in [6, 6.07) is 0.610. The Morgan fingerprint density at radius 3 is 2.62 bits per heavy atom. The van der Waals surface area contributed by atoms with Crippen LogP contribution < -0.4 is 5.43 Å². The minimum atomic E-state index is -0.942. The van der Waals surface area contributed by atoms with Gasteiger partial charge in [-0.1, -0.05) is 13.3 Å². The van der Waals surface area contributed by atoms with Crippen molar-refractivity contribution < 1.29 is 15.0 Å². The molecule has 2 N–H and O–H groups in total. The molecule has 1 saturated heterocycles. The molecule has 1 unspecified atom stereocenters. The highest BCUT2D eigenvalue weighted by atomic mass is 16.4. The van der Waals surface area contributed by atoms with Crippen LogP contribution in [-0.2, 0) is 11.3 Å². The first kappa shape index (κ1) is 15.6. The van der Waals surface area contributed by atoms with E-state index in [1.807, 2.05) is 6.92 Å². The van der Waals surface area contributed by atoms with E-state index in [1.165, 1.54) is 12.3 Å². The lowest BCUT2D eigenvalue weighted by molar-refractivity contribution is -0.141. The molecule has 0 amide bonds. The van der Waals surface area contributed by atoms with Crippen molar-refractivity contribution in [2.75, 3.05) is 13.1 Å². The summed E-state index contributed by atoms with van der Waals surface area (Å²) in [7, 11) is 0. The third-order valence-electron chi connectivity index (χ3n) is 3.91. The Hall–Kier alpha value is -1.82. The summed E-state index contributed by atoms with van der Waals surface area (Å²) in [5, 5.41) is 19.1. The predicted octanol–water partition coefficient (Wildman–Crippen LogP) is 1.58. The minimum Gasteiger partial charge on any atom is -0.503 e. The van der Waals surface area contributed by atoms with E-state index in [0.717, 1.165) is 25.9 Å². The quantitative estimate of drug-likeness (QED) is 0.832. The van der Waals surface area contributed by atoms with Crippen LogP contribution in [0.5, 0.6) is 5.75 Å². The summed E-state index contributed by atoms with van der Waals surface area (Å²) in [6.45, 7) is 4.38. The van der Waals surface area contributed by atoms with E-state index in [0.29, 0.717) is 25.1 Å². The van der Waals surface area contributed by atoms with Gasteiger partial charge in [-0.25, -0.2) is 4.79 Å². The van der Waals surface area contributed by atoms with E-state index in [4.69, 9.17) is 0 Å². The molecular weight excluding hydrogens is 272 g/mol. The molecule has 2 rings (SSSR count). The maximum Gasteiger partial charge on any atom is 0.326 e. The number of carbonyl (C=O) groups is 1. The van der Waals surface area contributed by atoms with Gasteiger partial charge >= 0.3 is 5.97 Å². The molecule has 0 radical (unpaired) electrons. The molecule has 2 heterocycles. The van der Waals surface area contributed by atoms with Crippen molar-refractivity contribution in [2.45, 2.75) is 45.2 Å². The summed E-state index contributed by atoms with van der Waals surface area (Å²) in [6.07, 6.45) is 4.69. The van der Waals surface area contributed by atoms with Crippen LogP contribution in [0.15, 0.2) is 17.1 Å². The van der Waals surface area contributed by atoms with Gasteiger partial charge in [0, 0.05) is 18.3 Å². The van der Waals surface area contributed by atoms with Crippen LogP contribution >= 0.6 is 0 Å². The van der Waals surface area contributed by atoms with Gasteiger partial charge in [0.15, 0.2) is 5.75 Å². The Morgan fingerprint density at radius 1 is 1.38 bits per heavy atom. The van der Waals surface area contributed by atoms with Gasteiger partial charge in [-0.2, -0.15) is 0 Å². The van der Waals surface area contributed by atoms with E-state index in [9.17, 15) is 19.8 Å². The molecule has 1 atom stereocenters. The van der Waals surface area contributed by atoms with Crippen LogP contribution in [0.3, 0.4) is 0 Å². The van der Waals surface area contributed by atoms with Crippen LogP contribution in [0.4, 0.5) is 0 Å². The first-order valence-electron chi connectivity index (χ1n) is 7.42. The van der Waals surface area contributed by atoms with Crippen molar-refractivity contribution in [3.63, 3.8) is 0 Å². The summed E-state index contributed by atoms with van der Waals surface area (Å²) < 4.78 is 1.54. The topological polar surface area (TPSA) is 82.8 Å². The molecule has 0 saturated carbocycles. The summed E-state index contributed by atoms with van der Waals surface area (Å²) >= 11 is 0. The van der Waals surface area contributed by atoms with Gasteiger partial charge in [-0.3, -0.25) is 9.69 Å². The Morgan fingerprint density at radius 2 is 2.05 bits per heavy atom. The number of likely N-dealkylation sites (tertiary alicyclic amines) is 1. The van der Waals surface area contributed by atoms with Gasteiger partial charge in [0.25, 0.3) is 0 Å². The minimum absolute atomic E-state index is 0.400. The number of hydrogen-bond acceptors (Lipinski definition) is 4. The average molecular weight is 294 g/mol. The highest BCUT2D eigenvalue weighted by molar-refractivity contribution is 5.72. The molecule has 1 fully saturated rings. The fourth-order valence-corrected chi connectivity index (χ4v) is 2.82. The van der Waals surface area contributed by atoms with Crippen LogP contribution in [0, 0.1) is 0 Å². The maximum atomic E-state index is 11.7. The number of carboxylic acid groups (broad SMARTS) is 1. The number of rotatable bonds is 6. The van der Waals surface area contributed by atoms with Crippen molar-refractivity contribution in [1.82, 2.24) is 9.47 Å². The molecule has 0 spiro atoms. The molecule has 1 aromatic rings. The van der Waals surface area contributed by atoms with Crippen molar-refractivity contribution in [2.24, 2.45) is 0 Å². The lowest BCUT2D eigenvalue weighted by atomic mass is 10.1. The number of aromatic hydroxyl groups is 1. The molecule has 1 aromatic heterocycles. The normalized spacial score (nSPS) is 17.0. The Bertz CT molecular complexity index is 561. The van der Waals surface area contributed by atoms with E-state index in [2.05, 4.69) is 4.90 Å². The number of aliphatic carboxylic acids is 1. The average Bonchev–Trinajstić information content (AvgIpc) is 2.93. The molecular formula is C15H22N2O4. The fourth-order valence-electron chi connectivity index (χ4n) is 2.82. The highest BCUT2D eigenvalue weighted by Crippen LogP contribution is 2.21. The second kappa shape index (κ2) is 6.76. The van der Waals surface area contributed by atoms with Gasteiger partial charge in [0.2, 0.25) is 5.43 Å². The van der Waals surface area contributed by atoms with E-state index in [1.54, 1.807) is 4.57 Å². The van der Waals surface area contributed by atoms with Crippen molar-refractivity contribution >= 4 is 5.97 Å². The van der Waals surface area contributed by atoms with Crippen LogP contribution in [0.2, 0.25) is 0 Å². The maximum absolute atomic E-state index is 11.7. The number of nitrogens with zero attached hydrogens (tertiary/aromatic N) is 2. The molecule has 0 aliphatic carbocycles. The van der Waals surface area contributed by atoms with Gasteiger partial charge in [0.05, 0.1) is 6.20 Å². The SMILES string of the molecule is CCCC(C(=O)O)n1cc(O)c(=O)cc1CN1CCCC1. The molecule has 21 heavy (non-hydrogen) atoms. The zero-order chi connectivity index (χ0) is 15.4. The van der Waals surface area contributed by atoms with E-state index < -0.39 is 23.2 Å². The highest BCUT2D eigenvalue weighted by Gasteiger charge is 2.23. The Balaban J connectivity index is 2.38. The molecule has 0 aromatic carbocycles. The zero-order valence-electron chi connectivity index (χ0n) is 12.3. The monoisotopic (exact) mass is 294 g/mol. The molecule has 116 valence electrons. The largest absolute Gasteiger partial charge is 0.503 e. The van der Waals surface area contributed by atoms with Crippen LogP contribution in [0.25, 0.3) is 0 Å². The number of aromatic nitrogens is 1. The molecule has 6 nitrogen and oxygen atoms in total. The van der Waals surface area contributed by atoms with Crippen molar-refractivity contribution in [3.05, 3.63) is 28.2 Å². The van der Waals surface area contributed by atoms with Crippen molar-refractivity contribution in [1.29, 1.82) is 0 Å². The van der Waals surface area contributed by atoms with Gasteiger partial charge in [-0.15, -0.1) is 0 Å². The number of carboxylic acids is 1. The Labute approximate surface area is 123 Å². The molecule has 0 bridgehead atoms. The lowest BCUT2D eigenvalue weighted by Crippen LogP contribution is -2.28. The second-order valence-corrected chi connectivity index (χ2v) is 5.55. The van der Waals surface area contributed by atoms with E-state index >= 15 is 0 Å². The fraction of sp³-hybridized carbons (Fsp3) is 0.600. The first-order valence-corrected chi connectivity index (χ1v) is 7.42. The third-order valence-corrected chi connectivity index (χ3v) is 3.91. The first-order chi connectivity index (χ1) is 10.0. The zero-order valence-corrected chi connectivity index (χ0v) is 12.3. The molecule has 1 aliphatic heterocycles. The van der Waals surface area contributed by atoms with Crippen molar-refractivity contribution in [3.8, 4) is 5.75 Å². The lowest BCUT2D eigenvalue weighted by Gasteiger charge is -2.23. The summed E-state index contributed by atoms with van der Waals surface area (Å²) in [5.74, 6) is -1.34. The summed E-state index contributed by atoms with van der Waals surface area (Å²) in [4.78, 5) is 25.4. The van der Waals surface area contributed by atoms with Crippen LogP contribution in [0.1, 0.15) is 44.3 Å².